The fourth-order valence-corrected chi connectivity index (χ4v) is 4.47. The second kappa shape index (κ2) is 8.97. The Balaban J connectivity index is 1.79. The highest BCUT2D eigenvalue weighted by atomic mass is 32.2. The molecule has 0 bridgehead atoms. The van der Waals surface area contributed by atoms with Crippen molar-refractivity contribution in [2.24, 2.45) is 11.8 Å². The topological polar surface area (TPSA) is 69.7 Å². The lowest BCUT2D eigenvalue weighted by Crippen LogP contribution is -2.40. The number of likely N-dealkylation sites (tertiary alicyclic amines) is 1. The van der Waals surface area contributed by atoms with Crippen molar-refractivity contribution in [1.82, 2.24) is 14.5 Å². The molecule has 1 aromatic carbocycles. The Morgan fingerprint density at radius 2 is 1.73 bits per heavy atom. The molecule has 1 aliphatic heterocycles. The lowest BCUT2D eigenvalue weighted by molar-refractivity contribution is 0.0947. The fraction of sp³-hybridized carbons (Fsp3) is 0.632. The summed E-state index contributed by atoms with van der Waals surface area (Å²) in [4.78, 5) is 14.9. The van der Waals surface area contributed by atoms with Crippen LogP contribution >= 0.6 is 0 Å². The molecule has 0 aliphatic carbocycles. The SMILES string of the molecule is CC1CC(C)CN(CCCNC(=O)c2ccc(S(=O)(=O)N(C)C)cc2)C1. The number of piperidine rings is 1. The molecule has 1 heterocycles. The molecule has 1 fully saturated rings. The molecule has 6 nitrogen and oxygen atoms in total. The molecule has 1 aromatic rings. The first kappa shape index (κ1) is 20.9. The van der Waals surface area contributed by atoms with Crippen molar-refractivity contribution in [2.45, 2.75) is 31.6 Å². The van der Waals surface area contributed by atoms with Crippen LogP contribution < -0.4 is 5.32 Å². The van der Waals surface area contributed by atoms with Gasteiger partial charge >= 0.3 is 0 Å². The second-order valence-electron chi connectivity index (χ2n) is 7.63. The summed E-state index contributed by atoms with van der Waals surface area (Å²) in [6.45, 7) is 8.49. The molecule has 26 heavy (non-hydrogen) atoms. The van der Waals surface area contributed by atoms with Crippen LogP contribution in [0.5, 0.6) is 0 Å². The Labute approximate surface area is 157 Å². The minimum Gasteiger partial charge on any atom is -0.352 e. The monoisotopic (exact) mass is 381 g/mol. The summed E-state index contributed by atoms with van der Waals surface area (Å²) in [6, 6.07) is 6.06. The van der Waals surface area contributed by atoms with E-state index >= 15 is 0 Å². The number of nitrogens with one attached hydrogen (secondary N) is 1. The molecule has 146 valence electrons. The molecule has 1 amide bonds. The van der Waals surface area contributed by atoms with Crippen LogP contribution in [-0.2, 0) is 10.0 Å². The molecule has 2 rings (SSSR count). The van der Waals surface area contributed by atoms with Crippen LogP contribution in [-0.4, -0.2) is 63.8 Å². The molecule has 2 unspecified atom stereocenters. The Morgan fingerprint density at radius 3 is 2.27 bits per heavy atom. The summed E-state index contributed by atoms with van der Waals surface area (Å²) in [7, 11) is -0.494. The molecule has 0 saturated carbocycles. The standard InChI is InChI=1S/C19H31N3O3S/c1-15-12-16(2)14-22(13-15)11-5-10-20-19(23)17-6-8-18(9-7-17)26(24,25)21(3)4/h6-9,15-16H,5,10-14H2,1-4H3,(H,20,23). The zero-order chi connectivity index (χ0) is 19.3. The number of carbonyl (C=O) groups is 1. The van der Waals surface area contributed by atoms with Gasteiger partial charge in [-0.3, -0.25) is 4.79 Å². The molecule has 1 saturated heterocycles. The van der Waals surface area contributed by atoms with Gasteiger partial charge < -0.3 is 10.2 Å². The van der Waals surface area contributed by atoms with E-state index in [0.717, 1.165) is 42.2 Å². The zero-order valence-corrected chi connectivity index (χ0v) is 17.1. The lowest BCUT2D eigenvalue weighted by Gasteiger charge is -2.34. The summed E-state index contributed by atoms with van der Waals surface area (Å²) in [6.07, 6.45) is 2.21. The molecular formula is C19H31N3O3S. The maximum absolute atomic E-state index is 12.2. The number of rotatable bonds is 7. The largest absolute Gasteiger partial charge is 0.352 e. The van der Waals surface area contributed by atoms with E-state index in [4.69, 9.17) is 0 Å². The molecule has 2 atom stereocenters. The van der Waals surface area contributed by atoms with Gasteiger partial charge in [0.2, 0.25) is 10.0 Å². The molecule has 1 N–H and O–H groups in total. The van der Waals surface area contributed by atoms with E-state index in [9.17, 15) is 13.2 Å². The van der Waals surface area contributed by atoms with E-state index < -0.39 is 10.0 Å². The van der Waals surface area contributed by atoms with E-state index in [2.05, 4.69) is 24.1 Å². The van der Waals surface area contributed by atoms with Crippen molar-refractivity contribution in [2.75, 3.05) is 40.3 Å². The van der Waals surface area contributed by atoms with Gasteiger partial charge in [0, 0.05) is 39.3 Å². The van der Waals surface area contributed by atoms with Crippen molar-refractivity contribution >= 4 is 15.9 Å². The minimum atomic E-state index is -3.47. The third kappa shape index (κ3) is 5.53. The van der Waals surface area contributed by atoms with Gasteiger partial charge in [-0.1, -0.05) is 13.8 Å². The van der Waals surface area contributed by atoms with Crippen molar-refractivity contribution < 1.29 is 13.2 Å². The maximum Gasteiger partial charge on any atom is 0.251 e. The Bertz CT molecular complexity index is 691. The third-order valence-corrected chi connectivity index (χ3v) is 6.61. The van der Waals surface area contributed by atoms with Gasteiger partial charge in [-0.05, 0) is 55.5 Å². The first-order valence-corrected chi connectivity index (χ1v) is 10.7. The van der Waals surface area contributed by atoms with Gasteiger partial charge in [0.15, 0.2) is 0 Å². The van der Waals surface area contributed by atoms with Crippen molar-refractivity contribution in [3.8, 4) is 0 Å². The lowest BCUT2D eigenvalue weighted by atomic mass is 9.92. The molecule has 0 spiro atoms. The highest BCUT2D eigenvalue weighted by Crippen LogP contribution is 2.20. The van der Waals surface area contributed by atoms with Crippen LogP contribution in [0.25, 0.3) is 0 Å². The second-order valence-corrected chi connectivity index (χ2v) is 9.78. The highest BCUT2D eigenvalue weighted by Gasteiger charge is 2.21. The van der Waals surface area contributed by atoms with Crippen molar-refractivity contribution in [3.63, 3.8) is 0 Å². The van der Waals surface area contributed by atoms with Gasteiger partial charge in [0.1, 0.15) is 0 Å². The van der Waals surface area contributed by atoms with Crippen LogP contribution in [0.1, 0.15) is 37.0 Å². The van der Waals surface area contributed by atoms with Crippen LogP contribution in [0.2, 0.25) is 0 Å². The van der Waals surface area contributed by atoms with Gasteiger partial charge in [-0.2, -0.15) is 0 Å². The molecule has 7 heteroatoms. The summed E-state index contributed by atoms with van der Waals surface area (Å²) in [5.74, 6) is 1.31. The summed E-state index contributed by atoms with van der Waals surface area (Å²) < 4.78 is 25.2. The van der Waals surface area contributed by atoms with Crippen LogP contribution in [0.4, 0.5) is 0 Å². The Kier molecular flexibility index (Phi) is 7.20. The summed E-state index contributed by atoms with van der Waals surface area (Å²) >= 11 is 0. The van der Waals surface area contributed by atoms with E-state index in [1.165, 1.54) is 32.6 Å². The third-order valence-electron chi connectivity index (χ3n) is 4.78. The van der Waals surface area contributed by atoms with E-state index in [1.54, 1.807) is 12.1 Å². The summed E-state index contributed by atoms with van der Waals surface area (Å²) in [5, 5.41) is 2.92. The molecule has 0 radical (unpaired) electrons. The maximum atomic E-state index is 12.2. The normalized spacial score (nSPS) is 21.7. The van der Waals surface area contributed by atoms with Crippen molar-refractivity contribution in [1.29, 1.82) is 0 Å². The summed E-state index contributed by atoms with van der Waals surface area (Å²) in [5.41, 5.74) is 0.475. The number of benzene rings is 1. The predicted molar refractivity (Wildman–Crippen MR) is 104 cm³/mol. The van der Waals surface area contributed by atoms with E-state index in [0.29, 0.717) is 12.1 Å². The van der Waals surface area contributed by atoms with Gasteiger partial charge in [0.05, 0.1) is 4.90 Å². The van der Waals surface area contributed by atoms with Crippen LogP contribution in [0.3, 0.4) is 0 Å². The average molecular weight is 382 g/mol. The van der Waals surface area contributed by atoms with Gasteiger partial charge in [-0.15, -0.1) is 0 Å². The zero-order valence-electron chi connectivity index (χ0n) is 16.2. The molecule has 0 aromatic heterocycles. The minimum absolute atomic E-state index is 0.167. The highest BCUT2D eigenvalue weighted by molar-refractivity contribution is 7.89. The quantitative estimate of drug-likeness (QED) is 0.734. The van der Waals surface area contributed by atoms with Gasteiger partial charge in [0.25, 0.3) is 5.91 Å². The Hall–Kier alpha value is -1.44. The number of carbonyl (C=O) groups excluding carboxylic acids is 1. The first-order valence-electron chi connectivity index (χ1n) is 9.23. The molecule has 1 aliphatic rings. The number of hydrogen-bond acceptors (Lipinski definition) is 4. The smallest absolute Gasteiger partial charge is 0.251 e. The van der Waals surface area contributed by atoms with Crippen LogP contribution in [0, 0.1) is 11.8 Å². The van der Waals surface area contributed by atoms with E-state index in [-0.39, 0.29) is 10.8 Å². The Morgan fingerprint density at radius 1 is 1.15 bits per heavy atom. The fourth-order valence-electron chi connectivity index (χ4n) is 3.57. The predicted octanol–water partition coefficient (Wildman–Crippen LogP) is 2.03. The van der Waals surface area contributed by atoms with Crippen molar-refractivity contribution in [3.05, 3.63) is 29.8 Å². The van der Waals surface area contributed by atoms with Gasteiger partial charge in [-0.25, -0.2) is 12.7 Å². The average Bonchev–Trinajstić information content (AvgIpc) is 2.57. The number of amides is 1. The number of nitrogens with zero attached hydrogens (tertiary/aromatic N) is 2. The van der Waals surface area contributed by atoms with Crippen LogP contribution in [0.15, 0.2) is 29.2 Å². The van der Waals surface area contributed by atoms with E-state index in [1.807, 2.05) is 0 Å². The molecular weight excluding hydrogens is 350 g/mol. The first-order chi connectivity index (χ1) is 12.2. The number of hydrogen-bond donors (Lipinski definition) is 1. The number of sulfonamides is 1.